The summed E-state index contributed by atoms with van der Waals surface area (Å²) in [5.41, 5.74) is 5.76. The maximum absolute atomic E-state index is 12.9. The van der Waals surface area contributed by atoms with Gasteiger partial charge in [-0.25, -0.2) is 4.68 Å². The molecule has 2 fully saturated rings. The molecule has 2 unspecified atom stereocenters. The van der Waals surface area contributed by atoms with E-state index in [2.05, 4.69) is 51.8 Å². The molecule has 194 valence electrons. The van der Waals surface area contributed by atoms with Crippen LogP contribution in [0.15, 0.2) is 47.7 Å². The molecule has 0 radical (unpaired) electrons. The molecule has 9 heteroatoms. The Bertz CT molecular complexity index is 1470. The van der Waals surface area contributed by atoms with Crippen molar-refractivity contribution in [2.45, 2.75) is 57.8 Å². The molecule has 0 amide bonds. The number of anilines is 1. The van der Waals surface area contributed by atoms with Crippen LogP contribution in [0.25, 0.3) is 22.1 Å². The van der Waals surface area contributed by atoms with Crippen LogP contribution in [-0.2, 0) is 11.8 Å². The fourth-order valence-corrected chi connectivity index (χ4v) is 5.92. The van der Waals surface area contributed by atoms with Gasteiger partial charge < -0.3 is 14.2 Å². The van der Waals surface area contributed by atoms with E-state index in [1.807, 2.05) is 17.9 Å². The van der Waals surface area contributed by atoms with E-state index in [9.17, 15) is 4.79 Å². The lowest BCUT2D eigenvalue weighted by Gasteiger charge is -2.45. The number of hydrogen-bond acceptors (Lipinski definition) is 7. The van der Waals surface area contributed by atoms with Gasteiger partial charge in [0.15, 0.2) is 0 Å². The van der Waals surface area contributed by atoms with E-state index in [-0.39, 0.29) is 17.8 Å². The third-order valence-electron chi connectivity index (χ3n) is 8.17. The van der Waals surface area contributed by atoms with E-state index in [1.165, 1.54) is 5.56 Å². The van der Waals surface area contributed by atoms with Gasteiger partial charge in [0.1, 0.15) is 11.7 Å². The van der Waals surface area contributed by atoms with Crippen LogP contribution in [0.2, 0.25) is 0 Å². The number of ether oxygens (including phenoxy) is 1. The zero-order valence-electron chi connectivity index (χ0n) is 21.9. The molecule has 6 rings (SSSR count). The number of piperazine rings is 1. The average molecular weight is 502 g/mol. The molecule has 2 aliphatic heterocycles. The maximum Gasteiger partial charge on any atom is 0.252 e. The monoisotopic (exact) mass is 501 g/mol. The van der Waals surface area contributed by atoms with Crippen LogP contribution in [0, 0.1) is 0 Å². The van der Waals surface area contributed by atoms with Crippen molar-refractivity contribution in [1.82, 2.24) is 29.2 Å². The second-order valence-electron chi connectivity index (χ2n) is 10.3. The van der Waals surface area contributed by atoms with Crippen LogP contribution in [0.3, 0.4) is 0 Å². The molecule has 0 spiro atoms. The van der Waals surface area contributed by atoms with Gasteiger partial charge in [0.25, 0.3) is 5.56 Å². The quantitative estimate of drug-likeness (QED) is 0.408. The van der Waals surface area contributed by atoms with E-state index in [0.717, 1.165) is 79.7 Å². The minimum Gasteiger partial charge on any atom is -0.367 e. The first-order valence-corrected chi connectivity index (χ1v) is 13.5. The Balaban J connectivity index is 1.28. The van der Waals surface area contributed by atoms with Crippen molar-refractivity contribution in [3.05, 3.63) is 58.8 Å². The van der Waals surface area contributed by atoms with Gasteiger partial charge in [0.2, 0.25) is 0 Å². The van der Waals surface area contributed by atoms with Gasteiger partial charge in [-0.1, -0.05) is 13.0 Å². The number of aryl methyl sites for hydroxylation is 1. The number of pyridine rings is 1. The average Bonchev–Trinajstić information content (AvgIpc) is 3.40. The molecule has 2 saturated heterocycles. The first kappa shape index (κ1) is 24.1. The molecule has 2 aliphatic rings. The predicted molar refractivity (Wildman–Crippen MR) is 145 cm³/mol. The van der Waals surface area contributed by atoms with Gasteiger partial charge in [-0.15, -0.1) is 0 Å². The van der Waals surface area contributed by atoms with Crippen LogP contribution in [0.5, 0.6) is 0 Å². The van der Waals surface area contributed by atoms with Crippen molar-refractivity contribution in [3.8, 4) is 0 Å². The molecule has 0 N–H and O–H groups in total. The summed E-state index contributed by atoms with van der Waals surface area (Å²) >= 11 is 0. The summed E-state index contributed by atoms with van der Waals surface area (Å²) in [4.78, 5) is 26.8. The number of nitrogens with zero attached hydrogens (tertiary/aromatic N) is 7. The SMILES string of the molecule is CC[C@@H]1CN(c2cc(=O)n(C)c3cn(C4CCCCO4)nc23)CCN1C(C)c1ccc2nccnc2c1. The summed E-state index contributed by atoms with van der Waals surface area (Å²) in [5.74, 6) is 0. The number of hydrogen-bond donors (Lipinski definition) is 0. The van der Waals surface area contributed by atoms with Crippen LogP contribution >= 0.6 is 0 Å². The molecule has 3 atom stereocenters. The van der Waals surface area contributed by atoms with E-state index < -0.39 is 0 Å². The lowest BCUT2D eigenvalue weighted by atomic mass is 10.0. The molecule has 37 heavy (non-hydrogen) atoms. The second kappa shape index (κ2) is 9.87. The highest BCUT2D eigenvalue weighted by Crippen LogP contribution is 2.32. The summed E-state index contributed by atoms with van der Waals surface area (Å²) in [6, 6.07) is 8.76. The molecule has 0 bridgehead atoms. The third kappa shape index (κ3) is 4.40. The molecule has 3 aromatic heterocycles. The Morgan fingerprint density at radius 3 is 2.73 bits per heavy atom. The molecule has 1 aromatic carbocycles. The molecular weight excluding hydrogens is 466 g/mol. The Morgan fingerprint density at radius 2 is 1.95 bits per heavy atom. The van der Waals surface area contributed by atoms with E-state index in [4.69, 9.17) is 9.84 Å². The standard InChI is InChI=1S/C28H35N7O2/c1-4-21-17-33(12-13-34(21)19(2)20-8-9-22-23(15-20)30-11-10-29-22)24-16-26(36)32(3)25-18-35(31-28(24)25)27-7-5-6-14-37-27/h8-11,15-16,18-19,21,27H,4-7,12-14,17H2,1-3H3/t19?,21-,27?/m1/s1. The van der Waals surface area contributed by atoms with Gasteiger partial charge in [-0.2, -0.15) is 5.10 Å². The minimum atomic E-state index is -0.0585. The fraction of sp³-hybridized carbons (Fsp3) is 0.500. The smallest absolute Gasteiger partial charge is 0.252 e. The Labute approximate surface area is 216 Å². The zero-order valence-corrected chi connectivity index (χ0v) is 21.9. The van der Waals surface area contributed by atoms with Gasteiger partial charge in [0.05, 0.1) is 28.4 Å². The lowest BCUT2D eigenvalue weighted by Crippen LogP contribution is -2.53. The van der Waals surface area contributed by atoms with E-state index >= 15 is 0 Å². The van der Waals surface area contributed by atoms with Gasteiger partial charge >= 0.3 is 0 Å². The Kier molecular flexibility index (Phi) is 6.42. The van der Waals surface area contributed by atoms with Crippen LogP contribution in [0.4, 0.5) is 5.69 Å². The second-order valence-corrected chi connectivity index (χ2v) is 10.3. The molecule has 9 nitrogen and oxygen atoms in total. The summed E-state index contributed by atoms with van der Waals surface area (Å²) in [7, 11) is 1.82. The summed E-state index contributed by atoms with van der Waals surface area (Å²) in [6.07, 6.45) is 9.60. The van der Waals surface area contributed by atoms with Crippen molar-refractivity contribution in [2.24, 2.45) is 7.05 Å². The van der Waals surface area contributed by atoms with Gasteiger partial charge in [0, 0.05) is 63.8 Å². The predicted octanol–water partition coefficient (Wildman–Crippen LogP) is 4.04. The van der Waals surface area contributed by atoms with Crippen molar-refractivity contribution >= 4 is 27.8 Å². The zero-order chi connectivity index (χ0) is 25.5. The number of benzene rings is 1. The lowest BCUT2D eigenvalue weighted by molar-refractivity contribution is -0.0390. The van der Waals surface area contributed by atoms with Crippen molar-refractivity contribution in [1.29, 1.82) is 0 Å². The first-order chi connectivity index (χ1) is 18.0. The third-order valence-corrected chi connectivity index (χ3v) is 8.17. The van der Waals surface area contributed by atoms with E-state index in [0.29, 0.717) is 6.04 Å². The maximum atomic E-state index is 12.9. The van der Waals surface area contributed by atoms with Crippen molar-refractivity contribution in [3.63, 3.8) is 0 Å². The molecule has 4 aromatic rings. The van der Waals surface area contributed by atoms with Crippen LogP contribution in [-0.4, -0.2) is 61.5 Å². The van der Waals surface area contributed by atoms with Gasteiger partial charge in [-0.3, -0.25) is 19.7 Å². The van der Waals surface area contributed by atoms with Crippen LogP contribution < -0.4 is 10.5 Å². The molecule has 0 saturated carbocycles. The number of fused-ring (bicyclic) bond motifs is 2. The van der Waals surface area contributed by atoms with E-state index in [1.54, 1.807) is 23.0 Å². The minimum absolute atomic E-state index is 0.00673. The Hall–Kier alpha value is -3.30. The largest absolute Gasteiger partial charge is 0.367 e. The summed E-state index contributed by atoms with van der Waals surface area (Å²) in [5, 5.41) is 4.96. The fourth-order valence-electron chi connectivity index (χ4n) is 5.92. The molecule has 0 aliphatic carbocycles. The highest BCUT2D eigenvalue weighted by atomic mass is 16.5. The first-order valence-electron chi connectivity index (χ1n) is 13.5. The van der Waals surface area contributed by atoms with Gasteiger partial charge in [-0.05, 0) is 50.3 Å². The molecule has 5 heterocycles. The number of rotatable bonds is 5. The van der Waals surface area contributed by atoms with Crippen molar-refractivity contribution in [2.75, 3.05) is 31.1 Å². The molecular formula is C28H35N7O2. The highest BCUT2D eigenvalue weighted by molar-refractivity contribution is 5.88. The topological polar surface area (TPSA) is 81.3 Å². The normalized spacial score (nSPS) is 22.1. The summed E-state index contributed by atoms with van der Waals surface area (Å²) in [6.45, 7) is 7.87. The Morgan fingerprint density at radius 1 is 1.11 bits per heavy atom. The number of aromatic nitrogens is 5. The van der Waals surface area contributed by atoms with Crippen molar-refractivity contribution < 1.29 is 4.74 Å². The van der Waals surface area contributed by atoms with Crippen LogP contribution in [0.1, 0.15) is 57.4 Å². The highest BCUT2D eigenvalue weighted by Gasteiger charge is 2.32. The summed E-state index contributed by atoms with van der Waals surface area (Å²) < 4.78 is 9.60.